The van der Waals surface area contributed by atoms with Crippen molar-refractivity contribution in [1.82, 2.24) is 0 Å². The lowest BCUT2D eigenvalue weighted by molar-refractivity contribution is 0.178. The first-order valence-electron chi connectivity index (χ1n) is 6.07. The molecule has 0 spiro atoms. The van der Waals surface area contributed by atoms with E-state index in [9.17, 15) is 0 Å². The van der Waals surface area contributed by atoms with E-state index in [1.165, 1.54) is 44.9 Å². The average Bonchev–Trinajstić information content (AvgIpc) is 2.21. The van der Waals surface area contributed by atoms with Crippen LogP contribution in [0.2, 0.25) is 0 Å². The highest BCUT2D eigenvalue weighted by atomic mass is 16.5. The second-order valence-corrected chi connectivity index (χ2v) is 4.00. The molecule has 0 radical (unpaired) electrons. The molecule has 0 heterocycles. The number of ether oxygens (including phenoxy) is 1. The first-order valence-corrected chi connectivity index (χ1v) is 6.07. The van der Waals surface area contributed by atoms with Crippen LogP contribution < -0.4 is 0 Å². The fourth-order valence-corrected chi connectivity index (χ4v) is 1.69. The molecule has 0 N–H and O–H groups in total. The van der Waals surface area contributed by atoms with Gasteiger partial charge in [0.15, 0.2) is 0 Å². The van der Waals surface area contributed by atoms with Gasteiger partial charge >= 0.3 is 0 Å². The van der Waals surface area contributed by atoms with Crippen LogP contribution in [0, 0.1) is 5.92 Å². The molecule has 0 bridgehead atoms. The Morgan fingerprint density at radius 3 is 2.29 bits per heavy atom. The van der Waals surface area contributed by atoms with Gasteiger partial charge in [-0.2, -0.15) is 0 Å². The predicted octanol–water partition coefficient (Wildman–Crippen LogP) is 4.53. The van der Waals surface area contributed by atoms with Gasteiger partial charge in [-0.15, -0.1) is 0 Å². The van der Waals surface area contributed by atoms with E-state index in [1.807, 2.05) is 0 Å². The van der Waals surface area contributed by atoms with Gasteiger partial charge in [0, 0.05) is 0 Å². The van der Waals surface area contributed by atoms with Crippen LogP contribution in [-0.4, -0.2) is 6.61 Å². The minimum Gasteiger partial charge on any atom is -0.502 e. The maximum Gasteiger partial charge on any atom is 0.0901 e. The summed E-state index contributed by atoms with van der Waals surface area (Å²) in [6, 6.07) is 0. The molecular weight excluding hydrogens is 172 g/mol. The van der Waals surface area contributed by atoms with Crippen LogP contribution in [0.4, 0.5) is 0 Å². The van der Waals surface area contributed by atoms with Gasteiger partial charge in [0.1, 0.15) is 0 Å². The van der Waals surface area contributed by atoms with Crippen molar-refractivity contribution < 1.29 is 4.74 Å². The van der Waals surface area contributed by atoms with Crippen molar-refractivity contribution in [3.05, 3.63) is 12.8 Å². The highest BCUT2D eigenvalue weighted by Crippen LogP contribution is 2.17. The van der Waals surface area contributed by atoms with E-state index in [2.05, 4.69) is 20.4 Å². The Bertz CT molecular complexity index is 120. The van der Waals surface area contributed by atoms with Crippen molar-refractivity contribution in [2.75, 3.05) is 6.61 Å². The minimum atomic E-state index is 0.750. The molecule has 0 rings (SSSR count). The lowest BCUT2D eigenvalue weighted by Crippen LogP contribution is -2.07. The maximum absolute atomic E-state index is 5.29. The fourth-order valence-electron chi connectivity index (χ4n) is 1.69. The Balaban J connectivity index is 3.54. The molecular formula is C13H26O. The lowest BCUT2D eigenvalue weighted by Gasteiger charge is -2.15. The molecule has 0 aliphatic rings. The molecule has 1 heteroatoms. The van der Waals surface area contributed by atoms with Crippen molar-refractivity contribution >= 4 is 0 Å². The van der Waals surface area contributed by atoms with Crippen molar-refractivity contribution in [2.45, 2.75) is 58.8 Å². The van der Waals surface area contributed by atoms with Gasteiger partial charge in [-0.1, -0.05) is 52.5 Å². The standard InChI is InChI=1S/C13H26O/c1-4-7-9-11-13(10-8-5-2)12-14-6-3/h6,13H,3-5,7-12H2,1-2H3. The van der Waals surface area contributed by atoms with E-state index in [0.29, 0.717) is 0 Å². The molecule has 0 aromatic rings. The molecule has 14 heavy (non-hydrogen) atoms. The van der Waals surface area contributed by atoms with Crippen molar-refractivity contribution in [3.8, 4) is 0 Å². The molecule has 0 fully saturated rings. The summed E-state index contributed by atoms with van der Waals surface area (Å²) < 4.78 is 5.29. The van der Waals surface area contributed by atoms with Crippen molar-refractivity contribution in [1.29, 1.82) is 0 Å². The summed E-state index contributed by atoms with van der Waals surface area (Å²) in [5.41, 5.74) is 0. The van der Waals surface area contributed by atoms with Crippen LogP contribution in [-0.2, 0) is 4.74 Å². The summed E-state index contributed by atoms with van der Waals surface area (Å²) in [5, 5.41) is 0. The molecule has 0 aromatic heterocycles. The number of rotatable bonds is 10. The van der Waals surface area contributed by atoms with E-state index < -0.39 is 0 Å². The molecule has 0 amide bonds. The largest absolute Gasteiger partial charge is 0.502 e. The van der Waals surface area contributed by atoms with Crippen molar-refractivity contribution in [2.24, 2.45) is 5.92 Å². The summed E-state index contributed by atoms with van der Waals surface area (Å²) in [6.45, 7) is 8.95. The Morgan fingerprint density at radius 2 is 1.71 bits per heavy atom. The van der Waals surface area contributed by atoms with Gasteiger partial charge in [-0.25, -0.2) is 0 Å². The second-order valence-electron chi connectivity index (χ2n) is 4.00. The van der Waals surface area contributed by atoms with Gasteiger partial charge in [-0.05, 0) is 18.8 Å². The quantitative estimate of drug-likeness (QED) is 0.370. The summed E-state index contributed by atoms with van der Waals surface area (Å²) in [5.74, 6) is 0.750. The first kappa shape index (κ1) is 13.5. The molecule has 0 aromatic carbocycles. The van der Waals surface area contributed by atoms with Gasteiger partial charge < -0.3 is 4.74 Å². The van der Waals surface area contributed by atoms with Gasteiger partial charge in [0.05, 0.1) is 12.9 Å². The SMILES string of the molecule is C=COCC(CCCC)CCCCC. The Morgan fingerprint density at radius 1 is 1.07 bits per heavy atom. The summed E-state index contributed by atoms with van der Waals surface area (Å²) in [6.07, 6.45) is 10.8. The third kappa shape index (κ3) is 8.15. The molecule has 0 aliphatic heterocycles. The van der Waals surface area contributed by atoms with E-state index in [4.69, 9.17) is 4.74 Å². The summed E-state index contributed by atoms with van der Waals surface area (Å²) in [4.78, 5) is 0. The van der Waals surface area contributed by atoms with E-state index in [0.717, 1.165) is 12.5 Å². The van der Waals surface area contributed by atoms with Gasteiger partial charge in [0.2, 0.25) is 0 Å². The minimum absolute atomic E-state index is 0.750. The number of hydrogen-bond acceptors (Lipinski definition) is 1. The monoisotopic (exact) mass is 198 g/mol. The highest BCUT2D eigenvalue weighted by Gasteiger charge is 2.07. The third-order valence-corrected chi connectivity index (χ3v) is 2.63. The Labute approximate surface area is 89.5 Å². The summed E-state index contributed by atoms with van der Waals surface area (Å²) in [7, 11) is 0. The van der Waals surface area contributed by atoms with E-state index in [1.54, 1.807) is 6.26 Å². The second kappa shape index (κ2) is 10.6. The highest BCUT2D eigenvalue weighted by molar-refractivity contribution is 4.61. The van der Waals surface area contributed by atoms with Crippen LogP contribution in [0.5, 0.6) is 0 Å². The van der Waals surface area contributed by atoms with E-state index >= 15 is 0 Å². The molecule has 0 aliphatic carbocycles. The zero-order valence-corrected chi connectivity index (χ0v) is 9.93. The average molecular weight is 198 g/mol. The molecule has 1 atom stereocenters. The lowest BCUT2D eigenvalue weighted by atomic mass is 9.96. The zero-order chi connectivity index (χ0) is 10.6. The van der Waals surface area contributed by atoms with Gasteiger partial charge in [0.25, 0.3) is 0 Å². The molecule has 1 unspecified atom stereocenters. The number of hydrogen-bond donors (Lipinski definition) is 0. The fraction of sp³-hybridized carbons (Fsp3) is 0.846. The predicted molar refractivity (Wildman–Crippen MR) is 63.3 cm³/mol. The molecule has 0 saturated heterocycles. The Hall–Kier alpha value is -0.460. The molecule has 1 nitrogen and oxygen atoms in total. The third-order valence-electron chi connectivity index (χ3n) is 2.63. The van der Waals surface area contributed by atoms with E-state index in [-0.39, 0.29) is 0 Å². The first-order chi connectivity index (χ1) is 6.85. The Kier molecular flexibility index (Phi) is 10.3. The number of unbranched alkanes of at least 4 members (excludes halogenated alkanes) is 3. The molecule has 0 saturated carbocycles. The van der Waals surface area contributed by atoms with Crippen LogP contribution in [0.25, 0.3) is 0 Å². The normalized spacial score (nSPS) is 12.4. The van der Waals surface area contributed by atoms with Crippen LogP contribution in [0.15, 0.2) is 12.8 Å². The van der Waals surface area contributed by atoms with Crippen molar-refractivity contribution in [3.63, 3.8) is 0 Å². The smallest absolute Gasteiger partial charge is 0.0901 e. The van der Waals surface area contributed by atoms with Gasteiger partial charge in [-0.3, -0.25) is 0 Å². The maximum atomic E-state index is 5.29. The van der Waals surface area contributed by atoms with Crippen LogP contribution >= 0.6 is 0 Å². The topological polar surface area (TPSA) is 9.23 Å². The zero-order valence-electron chi connectivity index (χ0n) is 9.93. The van der Waals surface area contributed by atoms with Crippen LogP contribution in [0.3, 0.4) is 0 Å². The molecule has 84 valence electrons. The van der Waals surface area contributed by atoms with Crippen LogP contribution in [0.1, 0.15) is 58.8 Å². The summed E-state index contributed by atoms with van der Waals surface area (Å²) >= 11 is 0.